The quantitative estimate of drug-likeness (QED) is 0.668. The van der Waals surface area contributed by atoms with Gasteiger partial charge in [0.25, 0.3) is 0 Å². The van der Waals surface area contributed by atoms with Crippen molar-refractivity contribution in [2.45, 2.75) is 17.5 Å². The number of thiazole rings is 1. The van der Waals surface area contributed by atoms with Crippen LogP contribution >= 0.6 is 23.1 Å². The van der Waals surface area contributed by atoms with Crippen LogP contribution < -0.4 is 19.7 Å². The first-order valence-electron chi connectivity index (χ1n) is 9.66. The SMILES string of the molecule is COc1ccc(NC(=O)Cn2c3c(sc2=O)[C@H]2c4ccccc4OC[C@H]2CS3)cc1. The van der Waals surface area contributed by atoms with Crippen LogP contribution in [-0.2, 0) is 11.3 Å². The molecule has 2 atom stereocenters. The van der Waals surface area contributed by atoms with E-state index in [4.69, 9.17) is 9.47 Å². The van der Waals surface area contributed by atoms with Gasteiger partial charge in [0.15, 0.2) is 0 Å². The summed E-state index contributed by atoms with van der Waals surface area (Å²) < 4.78 is 12.7. The van der Waals surface area contributed by atoms with Crippen LogP contribution in [0.15, 0.2) is 58.4 Å². The second kappa shape index (κ2) is 7.85. The highest BCUT2D eigenvalue weighted by Gasteiger charge is 2.39. The second-order valence-corrected chi connectivity index (χ2v) is 9.30. The molecule has 5 rings (SSSR count). The Bertz CT molecular complexity index is 1150. The third-order valence-electron chi connectivity index (χ3n) is 5.44. The predicted molar refractivity (Wildman–Crippen MR) is 118 cm³/mol. The fourth-order valence-corrected chi connectivity index (χ4v) is 6.70. The number of hydrogen-bond acceptors (Lipinski definition) is 6. The molecule has 6 nitrogen and oxygen atoms in total. The fourth-order valence-electron chi connectivity index (χ4n) is 4.01. The molecular weight excluding hydrogens is 420 g/mol. The lowest BCUT2D eigenvalue weighted by Crippen LogP contribution is -2.31. The first kappa shape index (κ1) is 19.3. The maximum absolute atomic E-state index is 12.8. The van der Waals surface area contributed by atoms with Crippen molar-refractivity contribution in [3.05, 3.63) is 68.6 Å². The normalized spacial score (nSPS) is 19.1. The van der Waals surface area contributed by atoms with Crippen LogP contribution in [0.3, 0.4) is 0 Å². The molecular formula is C22H20N2O4S2. The number of methoxy groups -OCH3 is 1. The molecule has 0 aliphatic carbocycles. The largest absolute Gasteiger partial charge is 0.497 e. The highest BCUT2D eigenvalue weighted by Crippen LogP contribution is 2.50. The smallest absolute Gasteiger partial charge is 0.308 e. The van der Waals surface area contributed by atoms with E-state index in [-0.39, 0.29) is 23.2 Å². The molecule has 0 unspecified atom stereocenters. The van der Waals surface area contributed by atoms with Crippen LogP contribution in [0.5, 0.6) is 11.5 Å². The van der Waals surface area contributed by atoms with Crippen LogP contribution in [0.1, 0.15) is 16.4 Å². The number of para-hydroxylation sites is 1. The summed E-state index contributed by atoms with van der Waals surface area (Å²) >= 11 is 2.90. The first-order valence-corrected chi connectivity index (χ1v) is 11.5. The van der Waals surface area contributed by atoms with E-state index < -0.39 is 0 Å². The molecule has 154 valence electrons. The highest BCUT2D eigenvalue weighted by molar-refractivity contribution is 7.99. The summed E-state index contributed by atoms with van der Waals surface area (Å²) in [6.45, 7) is 0.650. The number of amides is 1. The van der Waals surface area contributed by atoms with E-state index in [1.54, 1.807) is 47.7 Å². The highest BCUT2D eigenvalue weighted by atomic mass is 32.2. The number of carbonyl (C=O) groups excluding carboxylic acids is 1. The second-order valence-electron chi connectivity index (χ2n) is 7.30. The molecule has 2 aromatic carbocycles. The van der Waals surface area contributed by atoms with Gasteiger partial charge in [0.2, 0.25) is 5.91 Å². The molecule has 0 fully saturated rings. The van der Waals surface area contributed by atoms with E-state index >= 15 is 0 Å². The van der Waals surface area contributed by atoms with E-state index in [1.165, 1.54) is 11.3 Å². The molecule has 3 heterocycles. The minimum absolute atomic E-state index is 0.000765. The Hall–Kier alpha value is -2.71. The third kappa shape index (κ3) is 3.40. The van der Waals surface area contributed by atoms with Gasteiger partial charge in [0.05, 0.1) is 18.7 Å². The van der Waals surface area contributed by atoms with Gasteiger partial charge < -0.3 is 14.8 Å². The standard InChI is InChI=1S/C22H20N2O4S2/c1-27-15-8-6-14(7-9-15)23-18(25)10-24-21-20(30-22(24)26)19-13(12-29-21)11-28-17-5-3-2-4-16(17)19/h2-9,13,19H,10-12H2,1H3,(H,23,25)/t13-,19+/m0/s1. The number of carbonyl (C=O) groups is 1. The van der Waals surface area contributed by atoms with Crippen molar-refractivity contribution in [1.82, 2.24) is 4.57 Å². The molecule has 30 heavy (non-hydrogen) atoms. The van der Waals surface area contributed by atoms with Gasteiger partial charge in [0, 0.05) is 33.7 Å². The van der Waals surface area contributed by atoms with E-state index in [0.717, 1.165) is 32.7 Å². The van der Waals surface area contributed by atoms with Crippen LogP contribution in [0.25, 0.3) is 0 Å². The van der Waals surface area contributed by atoms with E-state index in [1.807, 2.05) is 18.2 Å². The minimum Gasteiger partial charge on any atom is -0.497 e. The van der Waals surface area contributed by atoms with Crippen molar-refractivity contribution in [2.75, 3.05) is 24.8 Å². The van der Waals surface area contributed by atoms with Crippen LogP contribution in [0, 0.1) is 5.92 Å². The van der Waals surface area contributed by atoms with Gasteiger partial charge in [0.1, 0.15) is 18.0 Å². The third-order valence-corrected chi connectivity index (χ3v) is 7.94. The lowest BCUT2D eigenvalue weighted by atomic mass is 9.84. The number of benzene rings is 2. The summed E-state index contributed by atoms with van der Waals surface area (Å²) in [6.07, 6.45) is 0. The maximum Gasteiger partial charge on any atom is 0.308 e. The van der Waals surface area contributed by atoms with Crippen LogP contribution in [-0.4, -0.2) is 29.9 Å². The molecule has 0 radical (unpaired) electrons. The van der Waals surface area contributed by atoms with Crippen molar-refractivity contribution in [3.8, 4) is 11.5 Å². The molecule has 0 bridgehead atoms. The lowest BCUT2D eigenvalue weighted by molar-refractivity contribution is -0.116. The number of thioether (sulfide) groups is 1. The summed E-state index contributed by atoms with van der Waals surface area (Å²) in [5.41, 5.74) is 1.80. The molecule has 0 saturated carbocycles. The summed E-state index contributed by atoms with van der Waals surface area (Å²) in [4.78, 5) is 26.4. The molecule has 1 aromatic heterocycles. The number of fused-ring (bicyclic) bond motifs is 5. The summed E-state index contributed by atoms with van der Waals surface area (Å²) in [5, 5.41) is 3.77. The summed E-state index contributed by atoms with van der Waals surface area (Å²) in [7, 11) is 1.60. The molecule has 0 spiro atoms. The molecule has 0 saturated heterocycles. The fraction of sp³-hybridized carbons (Fsp3) is 0.273. The van der Waals surface area contributed by atoms with Crippen molar-refractivity contribution in [3.63, 3.8) is 0 Å². The predicted octanol–water partition coefficient (Wildman–Crippen LogP) is 3.80. The van der Waals surface area contributed by atoms with E-state index in [2.05, 4.69) is 11.4 Å². The zero-order valence-corrected chi connectivity index (χ0v) is 17.9. The number of aromatic nitrogens is 1. The Morgan fingerprint density at radius 3 is 2.83 bits per heavy atom. The van der Waals surface area contributed by atoms with Gasteiger partial charge in [-0.3, -0.25) is 14.2 Å². The van der Waals surface area contributed by atoms with Crippen molar-refractivity contribution in [1.29, 1.82) is 0 Å². The maximum atomic E-state index is 12.8. The van der Waals surface area contributed by atoms with Crippen molar-refractivity contribution in [2.24, 2.45) is 5.92 Å². The molecule has 2 aliphatic rings. The first-order chi connectivity index (χ1) is 14.6. The zero-order valence-electron chi connectivity index (χ0n) is 16.3. The molecule has 8 heteroatoms. The lowest BCUT2D eigenvalue weighted by Gasteiger charge is -2.36. The number of rotatable bonds is 4. The number of nitrogens with zero attached hydrogens (tertiary/aromatic N) is 1. The minimum atomic E-state index is -0.224. The molecule has 3 aromatic rings. The van der Waals surface area contributed by atoms with Crippen LogP contribution in [0.4, 0.5) is 5.69 Å². The number of hydrogen-bond donors (Lipinski definition) is 1. The number of anilines is 1. The zero-order chi connectivity index (χ0) is 20.7. The number of nitrogens with one attached hydrogen (secondary N) is 1. The Morgan fingerprint density at radius 1 is 1.23 bits per heavy atom. The van der Waals surface area contributed by atoms with E-state index in [9.17, 15) is 9.59 Å². The average molecular weight is 441 g/mol. The summed E-state index contributed by atoms with van der Waals surface area (Å²) in [6, 6.07) is 15.2. The van der Waals surface area contributed by atoms with Gasteiger partial charge in [-0.05, 0) is 30.3 Å². The van der Waals surface area contributed by atoms with Gasteiger partial charge >= 0.3 is 4.87 Å². The van der Waals surface area contributed by atoms with Gasteiger partial charge in [-0.1, -0.05) is 29.5 Å². The Balaban J connectivity index is 1.42. The Kier molecular flexibility index (Phi) is 5.04. The van der Waals surface area contributed by atoms with Crippen molar-refractivity contribution < 1.29 is 14.3 Å². The Morgan fingerprint density at radius 2 is 2.03 bits per heavy atom. The molecule has 1 amide bonds. The van der Waals surface area contributed by atoms with Gasteiger partial charge in [-0.25, -0.2) is 0 Å². The Labute approximate surface area is 181 Å². The van der Waals surface area contributed by atoms with Crippen LogP contribution in [0.2, 0.25) is 0 Å². The van der Waals surface area contributed by atoms with Gasteiger partial charge in [-0.2, -0.15) is 0 Å². The van der Waals surface area contributed by atoms with Gasteiger partial charge in [-0.15, -0.1) is 11.8 Å². The molecule has 2 aliphatic heterocycles. The topological polar surface area (TPSA) is 69.6 Å². The monoisotopic (exact) mass is 440 g/mol. The average Bonchev–Trinajstić information content (AvgIpc) is 3.09. The number of ether oxygens (including phenoxy) is 2. The van der Waals surface area contributed by atoms with E-state index in [0.29, 0.717) is 18.2 Å². The van der Waals surface area contributed by atoms with Crippen molar-refractivity contribution >= 4 is 34.7 Å². The molecule has 1 N–H and O–H groups in total. The summed E-state index contributed by atoms with van der Waals surface area (Å²) in [5.74, 6) is 2.73.